The summed E-state index contributed by atoms with van der Waals surface area (Å²) in [5, 5.41) is 0. The molecule has 2 aromatic carbocycles. The van der Waals surface area contributed by atoms with E-state index in [1.165, 1.54) is 0 Å². The number of carbonyl (C=O) groups excluding carboxylic acids is 2. The molecule has 0 bridgehead atoms. The van der Waals surface area contributed by atoms with Crippen LogP contribution in [0.25, 0.3) is 28.0 Å². The summed E-state index contributed by atoms with van der Waals surface area (Å²) in [6.45, 7) is 10.7. The largest absolute Gasteiger partial charge is 0.444 e. The number of carbonyl (C=O) groups is 2. The van der Waals surface area contributed by atoms with Gasteiger partial charge in [0.05, 0.1) is 30.5 Å². The predicted molar refractivity (Wildman–Crippen MR) is 181 cm³/mol. The van der Waals surface area contributed by atoms with Gasteiger partial charge in [-0.3, -0.25) is 14.8 Å². The topological polar surface area (TPSA) is 100 Å². The highest BCUT2D eigenvalue weighted by Crippen LogP contribution is 2.38. The molecule has 48 heavy (non-hydrogen) atoms. The fraction of sp³-hybridized carbons (Fsp3) is 0.459. The summed E-state index contributed by atoms with van der Waals surface area (Å²) in [7, 11) is 0. The van der Waals surface area contributed by atoms with Crippen LogP contribution >= 0.6 is 0 Å². The van der Waals surface area contributed by atoms with E-state index in [9.17, 15) is 18.4 Å². The van der Waals surface area contributed by atoms with Crippen LogP contribution in [0.1, 0.15) is 84.7 Å². The number of hydrogen-bond donors (Lipinski definition) is 1. The summed E-state index contributed by atoms with van der Waals surface area (Å²) in [6.07, 6.45) is 4.08. The van der Waals surface area contributed by atoms with Crippen molar-refractivity contribution in [2.24, 2.45) is 4.99 Å². The molecule has 2 fully saturated rings. The van der Waals surface area contributed by atoms with Crippen LogP contribution in [0.2, 0.25) is 0 Å². The number of amides is 2. The van der Waals surface area contributed by atoms with E-state index < -0.39 is 42.2 Å². The van der Waals surface area contributed by atoms with Crippen LogP contribution in [0, 0.1) is 0 Å². The van der Waals surface area contributed by atoms with Gasteiger partial charge in [-0.2, -0.15) is 0 Å². The van der Waals surface area contributed by atoms with Crippen molar-refractivity contribution >= 4 is 23.5 Å². The smallest absolute Gasteiger partial charge is 0.411 e. The van der Waals surface area contributed by atoms with Crippen LogP contribution in [0.4, 0.5) is 18.4 Å². The maximum absolute atomic E-state index is 14.4. The molecule has 0 aliphatic carbocycles. The lowest BCUT2D eigenvalue weighted by atomic mass is 9.96. The van der Waals surface area contributed by atoms with Gasteiger partial charge in [-0.1, -0.05) is 48.5 Å². The van der Waals surface area contributed by atoms with Gasteiger partial charge in [0.15, 0.2) is 0 Å². The summed E-state index contributed by atoms with van der Waals surface area (Å²) in [6, 6.07) is 15.3. The van der Waals surface area contributed by atoms with E-state index in [-0.39, 0.29) is 12.1 Å². The minimum atomic E-state index is -3.00. The number of aromatic amines is 1. The van der Waals surface area contributed by atoms with Crippen LogP contribution in [0.15, 0.2) is 65.9 Å². The first-order valence-electron chi connectivity index (χ1n) is 16.4. The lowest BCUT2D eigenvalue weighted by molar-refractivity contribution is -0.00210. The van der Waals surface area contributed by atoms with E-state index in [0.717, 1.165) is 57.1 Å². The van der Waals surface area contributed by atoms with Gasteiger partial charge in [0.25, 0.3) is 5.92 Å². The number of imidazole rings is 1. The second kappa shape index (κ2) is 12.5. The molecule has 11 heteroatoms. The number of aliphatic imine (C=N–C) groups is 1. The Morgan fingerprint density at radius 1 is 0.833 bits per heavy atom. The van der Waals surface area contributed by atoms with Crippen LogP contribution in [-0.2, 0) is 9.47 Å². The van der Waals surface area contributed by atoms with E-state index in [0.29, 0.717) is 18.7 Å². The average Bonchev–Trinajstić information content (AvgIpc) is 3.81. The van der Waals surface area contributed by atoms with E-state index in [1.807, 2.05) is 57.2 Å². The molecule has 4 heterocycles. The summed E-state index contributed by atoms with van der Waals surface area (Å²) < 4.78 is 39.9. The van der Waals surface area contributed by atoms with Crippen molar-refractivity contribution in [3.63, 3.8) is 0 Å². The van der Waals surface area contributed by atoms with Gasteiger partial charge >= 0.3 is 12.2 Å². The number of allylic oxidation sites excluding steroid dienone is 1. The number of halogens is 2. The number of likely N-dealkylation sites (tertiary alicyclic amines) is 2. The molecule has 3 aliphatic heterocycles. The molecule has 0 radical (unpaired) electrons. The Kier molecular flexibility index (Phi) is 8.68. The zero-order valence-corrected chi connectivity index (χ0v) is 28.3. The van der Waals surface area contributed by atoms with Crippen molar-refractivity contribution < 1.29 is 27.8 Å². The number of hydrogen-bond acceptors (Lipinski definition) is 6. The highest BCUT2D eigenvalue weighted by molar-refractivity contribution is 6.03. The first-order valence-corrected chi connectivity index (χ1v) is 16.4. The minimum absolute atomic E-state index is 0.147. The number of benzene rings is 2. The molecule has 1 aromatic heterocycles. The molecule has 1 N–H and O–H groups in total. The number of nitrogens with zero attached hydrogens (tertiary/aromatic N) is 4. The van der Waals surface area contributed by atoms with E-state index in [2.05, 4.69) is 27.1 Å². The van der Waals surface area contributed by atoms with Crippen LogP contribution in [0.5, 0.6) is 0 Å². The van der Waals surface area contributed by atoms with Crippen molar-refractivity contribution in [2.75, 3.05) is 13.1 Å². The van der Waals surface area contributed by atoms with Gasteiger partial charge in [-0.05, 0) is 82.2 Å². The lowest BCUT2D eigenvalue weighted by Crippen LogP contribution is -2.43. The first-order chi connectivity index (χ1) is 22.6. The summed E-state index contributed by atoms with van der Waals surface area (Å²) >= 11 is 0. The number of nitrogens with one attached hydrogen (secondary N) is 1. The Bertz CT molecular complexity index is 1730. The number of alkyl halides is 2. The van der Waals surface area contributed by atoms with Crippen LogP contribution < -0.4 is 0 Å². The number of rotatable bonds is 5. The molecule has 0 spiro atoms. The Balaban J connectivity index is 1.09. The van der Waals surface area contributed by atoms with Crippen LogP contribution in [-0.4, -0.2) is 73.9 Å². The number of ether oxygens (including phenoxy) is 2. The maximum atomic E-state index is 14.4. The zero-order chi connectivity index (χ0) is 34.4. The Labute approximate surface area is 280 Å². The fourth-order valence-electron chi connectivity index (χ4n) is 6.42. The van der Waals surface area contributed by atoms with Gasteiger partial charge in [-0.15, -0.1) is 0 Å². The fourth-order valence-corrected chi connectivity index (χ4v) is 6.42. The monoisotopic (exact) mass is 659 g/mol. The summed E-state index contributed by atoms with van der Waals surface area (Å²) in [5.41, 5.74) is 4.97. The average molecular weight is 660 g/mol. The van der Waals surface area contributed by atoms with E-state index >= 15 is 0 Å². The predicted octanol–water partition coefficient (Wildman–Crippen LogP) is 8.65. The van der Waals surface area contributed by atoms with Crippen LogP contribution in [0.3, 0.4) is 0 Å². The quantitative estimate of drug-likeness (QED) is 0.296. The second-order valence-electron chi connectivity index (χ2n) is 14.8. The molecule has 2 saturated heterocycles. The Morgan fingerprint density at radius 3 is 2.00 bits per heavy atom. The molecule has 6 rings (SSSR count). The van der Waals surface area contributed by atoms with Gasteiger partial charge in [0, 0.05) is 31.3 Å². The zero-order valence-electron chi connectivity index (χ0n) is 28.3. The standard InChI is InChI=1S/C37H43F2N5O4/c1-35(2,3)47-33(45)43-17-7-8-30(43)32-41-21-29(42-32)26-15-13-24(14-16-26)23-9-11-25(12-10-23)27-18-28(40-20-27)31-19-37(38,39)22-44(31)34(46)48-36(4,5)6/h9-16,20-21,30-31H,7-8,17-19,22H2,1-6H3,(H,41,42)/t30-,31-/m0/s1. The maximum Gasteiger partial charge on any atom is 0.411 e. The van der Waals surface area contributed by atoms with Gasteiger partial charge in [0.2, 0.25) is 0 Å². The van der Waals surface area contributed by atoms with Crippen molar-refractivity contribution in [2.45, 2.75) is 96.4 Å². The molecule has 9 nitrogen and oxygen atoms in total. The molecular formula is C37H43F2N5O4. The third kappa shape index (κ3) is 7.45. The highest BCUT2D eigenvalue weighted by atomic mass is 19.3. The second-order valence-corrected chi connectivity index (χ2v) is 14.8. The summed E-state index contributed by atoms with van der Waals surface area (Å²) in [4.78, 5) is 40.9. The Morgan fingerprint density at radius 2 is 1.40 bits per heavy atom. The molecule has 0 unspecified atom stereocenters. The molecular weight excluding hydrogens is 616 g/mol. The molecule has 3 aromatic rings. The van der Waals surface area contributed by atoms with Crippen molar-refractivity contribution in [3.8, 4) is 22.4 Å². The number of H-pyrrole nitrogens is 1. The van der Waals surface area contributed by atoms with Crippen molar-refractivity contribution in [1.29, 1.82) is 0 Å². The third-order valence-electron chi connectivity index (χ3n) is 8.62. The van der Waals surface area contributed by atoms with Crippen molar-refractivity contribution in [3.05, 3.63) is 72.3 Å². The lowest BCUT2D eigenvalue weighted by Gasteiger charge is -2.28. The molecule has 2 atom stereocenters. The summed E-state index contributed by atoms with van der Waals surface area (Å²) in [5.74, 6) is -2.25. The van der Waals surface area contributed by atoms with E-state index in [4.69, 9.17) is 9.47 Å². The van der Waals surface area contributed by atoms with Gasteiger partial charge < -0.3 is 14.5 Å². The highest BCUT2D eigenvalue weighted by Gasteiger charge is 2.50. The minimum Gasteiger partial charge on any atom is -0.444 e. The van der Waals surface area contributed by atoms with Crippen molar-refractivity contribution in [1.82, 2.24) is 19.8 Å². The Hall–Kier alpha value is -4.54. The number of aromatic nitrogens is 2. The third-order valence-corrected chi connectivity index (χ3v) is 8.62. The molecule has 0 saturated carbocycles. The molecule has 2 amide bonds. The van der Waals surface area contributed by atoms with Gasteiger partial charge in [0.1, 0.15) is 17.0 Å². The molecule has 3 aliphatic rings. The van der Waals surface area contributed by atoms with E-state index in [1.54, 1.807) is 38.1 Å². The molecule has 254 valence electrons. The SMILES string of the molecule is CC(C)(C)OC(=O)N1CC(F)(F)C[C@H]1C1=NC=C(c2ccc(-c3ccc(-c4cnc([C@@H]5CCCN5C(=O)OC(C)(C)C)[nH]4)cc3)cc2)C1. The normalized spacial score (nSPS) is 20.9. The van der Waals surface area contributed by atoms with Gasteiger partial charge in [-0.25, -0.2) is 23.4 Å². The first kappa shape index (κ1) is 33.4.